The van der Waals surface area contributed by atoms with Crippen molar-refractivity contribution < 1.29 is 13.6 Å². The van der Waals surface area contributed by atoms with Gasteiger partial charge in [0.1, 0.15) is 0 Å². The Labute approximate surface area is 126 Å². The number of thioether (sulfide) groups is 1. The summed E-state index contributed by atoms with van der Waals surface area (Å²) in [7, 11) is 0. The summed E-state index contributed by atoms with van der Waals surface area (Å²) in [6.45, 7) is 2.01. The molecule has 0 fully saturated rings. The van der Waals surface area contributed by atoms with Crippen LogP contribution in [0.1, 0.15) is 12.5 Å². The van der Waals surface area contributed by atoms with Gasteiger partial charge in [-0.2, -0.15) is 0 Å². The number of anilines is 1. The number of aryl methyl sites for hydroxylation is 1. The molecular formula is C16H15F2NOS. The van der Waals surface area contributed by atoms with E-state index in [1.54, 1.807) is 0 Å². The van der Waals surface area contributed by atoms with Crippen LogP contribution >= 0.6 is 11.8 Å². The van der Waals surface area contributed by atoms with Gasteiger partial charge in [-0.05, 0) is 36.2 Å². The Morgan fingerprint density at radius 2 is 1.90 bits per heavy atom. The molecule has 2 rings (SSSR count). The smallest absolute Gasteiger partial charge is 0.234 e. The molecule has 1 N–H and O–H groups in total. The molecule has 0 atom stereocenters. The van der Waals surface area contributed by atoms with E-state index in [4.69, 9.17) is 0 Å². The van der Waals surface area contributed by atoms with Crippen molar-refractivity contribution in [3.05, 3.63) is 59.7 Å². The second-order valence-electron chi connectivity index (χ2n) is 4.42. The topological polar surface area (TPSA) is 29.1 Å². The van der Waals surface area contributed by atoms with E-state index in [9.17, 15) is 13.6 Å². The first-order chi connectivity index (χ1) is 10.1. The van der Waals surface area contributed by atoms with Crippen molar-refractivity contribution in [2.24, 2.45) is 0 Å². The lowest BCUT2D eigenvalue weighted by Gasteiger charge is -2.09. The average Bonchev–Trinajstić information content (AvgIpc) is 2.49. The van der Waals surface area contributed by atoms with E-state index >= 15 is 0 Å². The number of carbonyl (C=O) groups is 1. The van der Waals surface area contributed by atoms with Gasteiger partial charge in [0.05, 0.1) is 5.75 Å². The quantitative estimate of drug-likeness (QED) is 0.836. The van der Waals surface area contributed by atoms with Crippen LogP contribution in [0.5, 0.6) is 0 Å². The zero-order valence-corrected chi connectivity index (χ0v) is 12.3. The van der Waals surface area contributed by atoms with Gasteiger partial charge in [0, 0.05) is 10.6 Å². The lowest BCUT2D eigenvalue weighted by molar-refractivity contribution is -0.113. The molecule has 2 aromatic carbocycles. The molecule has 5 heteroatoms. The molecule has 110 valence electrons. The maximum atomic E-state index is 13.1. The third-order valence-electron chi connectivity index (χ3n) is 2.93. The number of nitrogens with one attached hydrogen (secondary N) is 1. The number of hydrogen-bond donors (Lipinski definition) is 1. The van der Waals surface area contributed by atoms with Crippen LogP contribution in [0.4, 0.5) is 14.5 Å². The van der Waals surface area contributed by atoms with Crippen LogP contribution in [0.15, 0.2) is 47.4 Å². The molecule has 0 saturated carbocycles. The fourth-order valence-corrected chi connectivity index (χ4v) is 2.57. The van der Waals surface area contributed by atoms with Crippen LogP contribution in [-0.2, 0) is 11.2 Å². The highest BCUT2D eigenvalue weighted by molar-refractivity contribution is 8.00. The number of hydrogen-bond acceptors (Lipinski definition) is 2. The molecular weight excluding hydrogens is 292 g/mol. The van der Waals surface area contributed by atoms with E-state index < -0.39 is 11.6 Å². The Hall–Kier alpha value is -1.88. The summed E-state index contributed by atoms with van der Waals surface area (Å²) in [6.07, 6.45) is 0.826. The first kappa shape index (κ1) is 15.5. The van der Waals surface area contributed by atoms with Crippen LogP contribution in [0.3, 0.4) is 0 Å². The first-order valence-electron chi connectivity index (χ1n) is 6.55. The summed E-state index contributed by atoms with van der Waals surface area (Å²) < 4.78 is 25.9. The second kappa shape index (κ2) is 7.22. The van der Waals surface area contributed by atoms with E-state index in [2.05, 4.69) is 5.32 Å². The third kappa shape index (κ3) is 4.29. The van der Waals surface area contributed by atoms with E-state index in [0.717, 1.165) is 29.8 Å². The van der Waals surface area contributed by atoms with Gasteiger partial charge >= 0.3 is 0 Å². The van der Waals surface area contributed by atoms with Crippen LogP contribution < -0.4 is 5.32 Å². The SMILES string of the molecule is CCc1ccccc1NC(=O)CSc1ccc(F)c(F)c1. The van der Waals surface area contributed by atoms with Crippen molar-refractivity contribution in [2.45, 2.75) is 18.2 Å². The van der Waals surface area contributed by atoms with Crippen molar-refractivity contribution in [3.8, 4) is 0 Å². The molecule has 0 bridgehead atoms. The van der Waals surface area contributed by atoms with Gasteiger partial charge in [0.15, 0.2) is 11.6 Å². The van der Waals surface area contributed by atoms with E-state index in [1.807, 2.05) is 31.2 Å². The Morgan fingerprint density at radius 3 is 2.62 bits per heavy atom. The van der Waals surface area contributed by atoms with Crippen molar-refractivity contribution >= 4 is 23.4 Å². The summed E-state index contributed by atoms with van der Waals surface area (Å²) >= 11 is 1.17. The molecule has 0 aromatic heterocycles. The molecule has 0 aliphatic carbocycles. The number of rotatable bonds is 5. The van der Waals surface area contributed by atoms with E-state index in [0.29, 0.717) is 4.90 Å². The van der Waals surface area contributed by atoms with Crippen LogP contribution in [0, 0.1) is 11.6 Å². The highest BCUT2D eigenvalue weighted by atomic mass is 32.2. The zero-order chi connectivity index (χ0) is 15.2. The standard InChI is InChI=1S/C16H15F2NOS/c1-2-11-5-3-4-6-15(11)19-16(20)10-21-12-7-8-13(17)14(18)9-12/h3-9H,2,10H2,1H3,(H,19,20). The average molecular weight is 307 g/mol. The minimum Gasteiger partial charge on any atom is -0.325 e. The van der Waals surface area contributed by atoms with Gasteiger partial charge in [0.25, 0.3) is 0 Å². The number of para-hydroxylation sites is 1. The predicted octanol–water partition coefficient (Wildman–Crippen LogP) is 4.26. The second-order valence-corrected chi connectivity index (χ2v) is 5.47. The monoisotopic (exact) mass is 307 g/mol. The summed E-state index contributed by atoms with van der Waals surface area (Å²) in [4.78, 5) is 12.4. The molecule has 0 saturated heterocycles. The molecule has 0 aliphatic heterocycles. The van der Waals surface area contributed by atoms with Crippen molar-refractivity contribution in [1.29, 1.82) is 0 Å². The van der Waals surface area contributed by atoms with E-state index in [1.165, 1.54) is 17.8 Å². The molecule has 2 nitrogen and oxygen atoms in total. The first-order valence-corrected chi connectivity index (χ1v) is 7.54. The van der Waals surface area contributed by atoms with Gasteiger partial charge in [-0.3, -0.25) is 4.79 Å². The lowest BCUT2D eigenvalue weighted by Crippen LogP contribution is -2.15. The molecule has 21 heavy (non-hydrogen) atoms. The molecule has 0 radical (unpaired) electrons. The lowest BCUT2D eigenvalue weighted by atomic mass is 10.1. The van der Waals surface area contributed by atoms with Crippen LogP contribution in [0.2, 0.25) is 0 Å². The van der Waals surface area contributed by atoms with Gasteiger partial charge in [-0.1, -0.05) is 25.1 Å². The zero-order valence-electron chi connectivity index (χ0n) is 11.5. The molecule has 0 unspecified atom stereocenters. The Kier molecular flexibility index (Phi) is 5.33. The Bertz CT molecular complexity index is 646. The summed E-state index contributed by atoms with van der Waals surface area (Å²) in [5.41, 5.74) is 1.85. The fourth-order valence-electron chi connectivity index (χ4n) is 1.85. The maximum absolute atomic E-state index is 13.1. The summed E-state index contributed by atoms with van der Waals surface area (Å²) in [5, 5.41) is 2.83. The number of benzene rings is 2. The van der Waals surface area contributed by atoms with Crippen molar-refractivity contribution in [2.75, 3.05) is 11.1 Å². The van der Waals surface area contributed by atoms with Crippen LogP contribution in [-0.4, -0.2) is 11.7 Å². The molecule has 2 aromatic rings. The van der Waals surface area contributed by atoms with Crippen molar-refractivity contribution in [3.63, 3.8) is 0 Å². The highest BCUT2D eigenvalue weighted by Crippen LogP contribution is 2.21. The largest absolute Gasteiger partial charge is 0.325 e. The minimum atomic E-state index is -0.906. The summed E-state index contributed by atoms with van der Waals surface area (Å²) in [5.74, 6) is -1.83. The molecule has 1 amide bonds. The highest BCUT2D eigenvalue weighted by Gasteiger charge is 2.08. The maximum Gasteiger partial charge on any atom is 0.234 e. The number of halogens is 2. The minimum absolute atomic E-state index is 0.142. The van der Waals surface area contributed by atoms with Crippen molar-refractivity contribution in [1.82, 2.24) is 0 Å². The molecule has 0 heterocycles. The fraction of sp³-hybridized carbons (Fsp3) is 0.188. The van der Waals surface area contributed by atoms with Gasteiger partial charge < -0.3 is 5.32 Å². The normalized spacial score (nSPS) is 10.4. The van der Waals surface area contributed by atoms with Crippen LogP contribution in [0.25, 0.3) is 0 Å². The van der Waals surface area contributed by atoms with Gasteiger partial charge in [-0.15, -0.1) is 11.8 Å². The number of amides is 1. The van der Waals surface area contributed by atoms with Gasteiger partial charge in [0.2, 0.25) is 5.91 Å². The molecule has 0 spiro atoms. The van der Waals surface area contributed by atoms with E-state index in [-0.39, 0.29) is 11.7 Å². The predicted molar refractivity (Wildman–Crippen MR) is 81.5 cm³/mol. The summed E-state index contributed by atoms with van der Waals surface area (Å²) in [6, 6.07) is 11.2. The van der Waals surface area contributed by atoms with Gasteiger partial charge in [-0.25, -0.2) is 8.78 Å². The molecule has 0 aliphatic rings. The number of carbonyl (C=O) groups excluding carboxylic acids is 1. The third-order valence-corrected chi connectivity index (χ3v) is 3.93. The Balaban J connectivity index is 1.94. The Morgan fingerprint density at radius 1 is 1.14 bits per heavy atom.